The van der Waals surface area contributed by atoms with Crippen LogP contribution in [0.3, 0.4) is 0 Å². The normalized spacial score (nSPS) is 12.5. The summed E-state index contributed by atoms with van der Waals surface area (Å²) in [6, 6.07) is 8.37. The van der Waals surface area contributed by atoms with Crippen molar-refractivity contribution in [3.8, 4) is 0 Å². The van der Waals surface area contributed by atoms with Crippen LogP contribution >= 0.6 is 0 Å². The molecular weight excluding hydrogens is 226 g/mol. The molecule has 2 N–H and O–H groups in total. The third kappa shape index (κ3) is 3.57. The first kappa shape index (κ1) is 14.7. The SMILES string of the molecule is Cc1ccc(C(C)(C)CNC(C)(C)C(=O)O)cc1. The maximum Gasteiger partial charge on any atom is 0.323 e. The summed E-state index contributed by atoms with van der Waals surface area (Å²) in [6.45, 7) is 10.3. The monoisotopic (exact) mass is 249 g/mol. The van der Waals surface area contributed by atoms with Crippen molar-refractivity contribution in [2.24, 2.45) is 0 Å². The Labute approximate surface area is 109 Å². The summed E-state index contributed by atoms with van der Waals surface area (Å²) in [5, 5.41) is 12.2. The van der Waals surface area contributed by atoms with E-state index in [1.54, 1.807) is 13.8 Å². The molecule has 0 radical (unpaired) electrons. The fourth-order valence-corrected chi connectivity index (χ4v) is 1.62. The molecule has 0 saturated carbocycles. The summed E-state index contributed by atoms with van der Waals surface area (Å²) in [5.41, 5.74) is 1.44. The van der Waals surface area contributed by atoms with Gasteiger partial charge in [0.15, 0.2) is 0 Å². The lowest BCUT2D eigenvalue weighted by Crippen LogP contribution is -2.50. The van der Waals surface area contributed by atoms with Gasteiger partial charge in [-0.1, -0.05) is 43.7 Å². The molecule has 0 saturated heterocycles. The van der Waals surface area contributed by atoms with Crippen molar-refractivity contribution in [3.05, 3.63) is 35.4 Å². The van der Waals surface area contributed by atoms with Gasteiger partial charge in [0.05, 0.1) is 0 Å². The van der Waals surface area contributed by atoms with Gasteiger partial charge in [0, 0.05) is 12.0 Å². The summed E-state index contributed by atoms with van der Waals surface area (Å²) in [6.07, 6.45) is 0. The smallest absolute Gasteiger partial charge is 0.323 e. The molecule has 0 unspecified atom stereocenters. The first-order valence-electron chi connectivity index (χ1n) is 6.21. The predicted octanol–water partition coefficient (Wildman–Crippen LogP) is 2.73. The minimum atomic E-state index is -0.901. The lowest BCUT2D eigenvalue weighted by molar-refractivity contribution is -0.143. The van der Waals surface area contributed by atoms with Crippen molar-refractivity contribution in [2.75, 3.05) is 6.54 Å². The Hall–Kier alpha value is -1.35. The van der Waals surface area contributed by atoms with E-state index < -0.39 is 11.5 Å². The zero-order chi connectivity index (χ0) is 14.0. The number of carbonyl (C=O) groups is 1. The molecule has 1 rings (SSSR count). The van der Waals surface area contributed by atoms with Crippen LogP contribution in [0.2, 0.25) is 0 Å². The second kappa shape index (κ2) is 5.11. The van der Waals surface area contributed by atoms with Gasteiger partial charge in [-0.25, -0.2) is 0 Å². The predicted molar refractivity (Wildman–Crippen MR) is 73.9 cm³/mol. The largest absolute Gasteiger partial charge is 0.480 e. The van der Waals surface area contributed by atoms with Crippen LogP contribution in [0.4, 0.5) is 0 Å². The van der Waals surface area contributed by atoms with Crippen LogP contribution < -0.4 is 5.32 Å². The number of carboxylic acid groups (broad SMARTS) is 1. The third-order valence-electron chi connectivity index (χ3n) is 3.34. The van der Waals surface area contributed by atoms with E-state index in [1.165, 1.54) is 11.1 Å². The highest BCUT2D eigenvalue weighted by atomic mass is 16.4. The average Bonchev–Trinajstić information content (AvgIpc) is 2.27. The molecule has 0 spiro atoms. The lowest BCUT2D eigenvalue weighted by Gasteiger charge is -2.30. The first-order valence-corrected chi connectivity index (χ1v) is 6.21. The molecular formula is C15H23NO2. The van der Waals surface area contributed by atoms with Crippen molar-refractivity contribution in [1.82, 2.24) is 5.32 Å². The summed E-state index contributed by atoms with van der Waals surface area (Å²) < 4.78 is 0. The molecule has 0 amide bonds. The topological polar surface area (TPSA) is 49.3 Å². The molecule has 1 aromatic rings. The Bertz CT molecular complexity index is 419. The molecule has 18 heavy (non-hydrogen) atoms. The lowest BCUT2D eigenvalue weighted by atomic mass is 9.83. The van der Waals surface area contributed by atoms with Gasteiger partial charge in [-0.2, -0.15) is 0 Å². The molecule has 1 aromatic carbocycles. The number of hydrogen-bond donors (Lipinski definition) is 2. The second-order valence-electron chi connectivity index (χ2n) is 6.03. The van der Waals surface area contributed by atoms with Gasteiger partial charge in [0.2, 0.25) is 0 Å². The quantitative estimate of drug-likeness (QED) is 0.843. The first-order chi connectivity index (χ1) is 8.15. The highest BCUT2D eigenvalue weighted by molar-refractivity contribution is 5.77. The van der Waals surface area contributed by atoms with Crippen molar-refractivity contribution >= 4 is 5.97 Å². The van der Waals surface area contributed by atoms with Gasteiger partial charge >= 0.3 is 5.97 Å². The van der Waals surface area contributed by atoms with Gasteiger partial charge in [-0.05, 0) is 26.3 Å². The molecule has 3 nitrogen and oxygen atoms in total. The van der Waals surface area contributed by atoms with E-state index in [4.69, 9.17) is 5.11 Å². The highest BCUT2D eigenvalue weighted by Gasteiger charge is 2.30. The van der Waals surface area contributed by atoms with Crippen LogP contribution in [0, 0.1) is 6.92 Å². The Morgan fingerprint density at radius 1 is 1.17 bits per heavy atom. The van der Waals surface area contributed by atoms with Gasteiger partial charge in [-0.3, -0.25) is 4.79 Å². The highest BCUT2D eigenvalue weighted by Crippen LogP contribution is 2.23. The van der Waals surface area contributed by atoms with E-state index in [0.717, 1.165) is 0 Å². The van der Waals surface area contributed by atoms with E-state index >= 15 is 0 Å². The number of aryl methyl sites for hydroxylation is 1. The number of rotatable bonds is 5. The van der Waals surface area contributed by atoms with Crippen molar-refractivity contribution in [3.63, 3.8) is 0 Å². The number of aliphatic carboxylic acids is 1. The van der Waals surface area contributed by atoms with Crippen LogP contribution in [0.15, 0.2) is 24.3 Å². The van der Waals surface area contributed by atoms with Crippen LogP contribution in [-0.4, -0.2) is 23.2 Å². The maximum atomic E-state index is 11.1. The third-order valence-corrected chi connectivity index (χ3v) is 3.34. The number of nitrogens with one attached hydrogen (secondary N) is 1. The summed E-state index contributed by atoms with van der Waals surface area (Å²) >= 11 is 0. The van der Waals surface area contributed by atoms with Gasteiger partial charge in [0.1, 0.15) is 5.54 Å². The molecule has 100 valence electrons. The standard InChI is InChI=1S/C15H23NO2/c1-11-6-8-12(9-7-11)14(2,3)10-16-15(4,5)13(17)18/h6-9,16H,10H2,1-5H3,(H,17,18). The maximum absolute atomic E-state index is 11.1. The van der Waals surface area contributed by atoms with Crippen LogP contribution in [0.1, 0.15) is 38.8 Å². The molecule has 0 aliphatic rings. The molecule has 0 aliphatic carbocycles. The minimum Gasteiger partial charge on any atom is -0.480 e. The summed E-state index contributed by atoms with van der Waals surface area (Å²) in [5.74, 6) is -0.831. The van der Waals surface area contributed by atoms with E-state index in [9.17, 15) is 4.79 Å². The van der Waals surface area contributed by atoms with E-state index in [2.05, 4.69) is 50.4 Å². The molecule has 0 aromatic heterocycles. The fraction of sp³-hybridized carbons (Fsp3) is 0.533. The fourth-order valence-electron chi connectivity index (χ4n) is 1.62. The second-order valence-corrected chi connectivity index (χ2v) is 6.03. The van der Waals surface area contributed by atoms with Crippen LogP contribution in [-0.2, 0) is 10.2 Å². The van der Waals surface area contributed by atoms with Crippen LogP contribution in [0.25, 0.3) is 0 Å². The van der Waals surface area contributed by atoms with Gasteiger partial charge in [-0.15, -0.1) is 0 Å². The van der Waals surface area contributed by atoms with Gasteiger partial charge < -0.3 is 10.4 Å². The van der Waals surface area contributed by atoms with Crippen LogP contribution in [0.5, 0.6) is 0 Å². The van der Waals surface area contributed by atoms with Crippen molar-refractivity contribution in [1.29, 1.82) is 0 Å². The molecule has 0 bridgehead atoms. The number of hydrogen-bond acceptors (Lipinski definition) is 2. The van der Waals surface area contributed by atoms with Crippen molar-refractivity contribution in [2.45, 2.75) is 45.6 Å². The molecule has 3 heteroatoms. The zero-order valence-corrected chi connectivity index (χ0v) is 11.9. The van der Waals surface area contributed by atoms with E-state index in [-0.39, 0.29) is 5.41 Å². The molecule has 0 heterocycles. The Balaban J connectivity index is 2.76. The molecule has 0 atom stereocenters. The summed E-state index contributed by atoms with van der Waals surface area (Å²) in [4.78, 5) is 11.1. The van der Waals surface area contributed by atoms with Gasteiger partial charge in [0.25, 0.3) is 0 Å². The zero-order valence-electron chi connectivity index (χ0n) is 11.9. The Morgan fingerprint density at radius 3 is 2.11 bits per heavy atom. The minimum absolute atomic E-state index is 0.0968. The number of carboxylic acids is 1. The Morgan fingerprint density at radius 2 is 1.67 bits per heavy atom. The summed E-state index contributed by atoms with van der Waals surface area (Å²) in [7, 11) is 0. The van der Waals surface area contributed by atoms with Crippen molar-refractivity contribution < 1.29 is 9.90 Å². The molecule has 0 aliphatic heterocycles. The Kier molecular flexibility index (Phi) is 4.17. The average molecular weight is 249 g/mol. The van der Waals surface area contributed by atoms with E-state index in [1.807, 2.05) is 0 Å². The number of benzene rings is 1. The van der Waals surface area contributed by atoms with E-state index in [0.29, 0.717) is 6.54 Å². The molecule has 0 fully saturated rings.